The summed E-state index contributed by atoms with van der Waals surface area (Å²) in [5.41, 5.74) is -0.145. The third kappa shape index (κ3) is 4.64. The van der Waals surface area contributed by atoms with E-state index in [1.165, 1.54) is 25.0 Å². The molecule has 3 atom stereocenters. The average Bonchev–Trinajstić information content (AvgIpc) is 3.35. The van der Waals surface area contributed by atoms with Crippen LogP contribution in [0.1, 0.15) is 59.6 Å². The van der Waals surface area contributed by atoms with Gasteiger partial charge in [0.05, 0.1) is 22.2 Å². The molecule has 0 bridgehead atoms. The fourth-order valence-electron chi connectivity index (χ4n) is 4.66. The molecule has 1 unspecified atom stereocenters. The quantitative estimate of drug-likeness (QED) is 0.556. The van der Waals surface area contributed by atoms with Gasteiger partial charge in [-0.2, -0.15) is 24.5 Å². The van der Waals surface area contributed by atoms with Crippen molar-refractivity contribution in [3.63, 3.8) is 0 Å². The second-order valence-electron chi connectivity index (χ2n) is 7.70. The molecule has 2 fully saturated rings. The first kappa shape index (κ1) is 23.4. The molecule has 0 aliphatic carbocycles. The van der Waals surface area contributed by atoms with Crippen LogP contribution in [0, 0.1) is 0 Å². The van der Waals surface area contributed by atoms with Crippen molar-refractivity contribution in [3.05, 3.63) is 56.7 Å². The molecule has 0 saturated carbocycles. The molecule has 2 aliphatic rings. The van der Waals surface area contributed by atoms with E-state index >= 15 is 0 Å². The number of alkyl halides is 3. The van der Waals surface area contributed by atoms with Crippen molar-refractivity contribution in [2.75, 3.05) is 6.54 Å². The van der Waals surface area contributed by atoms with Gasteiger partial charge in [-0.15, -0.1) is 12.4 Å². The Morgan fingerprint density at radius 3 is 2.70 bits per heavy atom. The zero-order valence-corrected chi connectivity index (χ0v) is 18.5. The number of nitrogens with zero attached hydrogens (tertiary/aromatic N) is 1. The Labute approximate surface area is 189 Å². The fraction of sp³-hybridized carbons (Fsp3) is 0.476. The van der Waals surface area contributed by atoms with Crippen LogP contribution in [0.2, 0.25) is 5.02 Å². The summed E-state index contributed by atoms with van der Waals surface area (Å²) in [4.78, 5) is 15.5. The van der Waals surface area contributed by atoms with Crippen LogP contribution in [0.25, 0.3) is 0 Å². The predicted octanol–water partition coefficient (Wildman–Crippen LogP) is 6.33. The smallest absolute Gasteiger partial charge is 0.344 e. The number of rotatable bonds is 4. The maximum Gasteiger partial charge on any atom is 0.417 e. The first-order valence-electron chi connectivity index (χ1n) is 9.80. The molecule has 1 amide bonds. The van der Waals surface area contributed by atoms with Gasteiger partial charge < -0.3 is 5.32 Å². The molecule has 1 aromatic heterocycles. The van der Waals surface area contributed by atoms with Crippen molar-refractivity contribution in [3.8, 4) is 0 Å². The van der Waals surface area contributed by atoms with E-state index < -0.39 is 22.7 Å². The fourth-order valence-corrected chi connectivity index (χ4v) is 5.67. The molecule has 3 heterocycles. The van der Waals surface area contributed by atoms with Crippen molar-refractivity contribution < 1.29 is 18.0 Å². The van der Waals surface area contributed by atoms with Gasteiger partial charge in [-0.05, 0) is 66.8 Å². The molecular formula is C21H23Cl2F3N2OS. The van der Waals surface area contributed by atoms with E-state index in [0.29, 0.717) is 6.04 Å². The number of thiophene rings is 1. The van der Waals surface area contributed by atoms with Crippen LogP contribution >= 0.6 is 35.3 Å². The van der Waals surface area contributed by atoms with Crippen molar-refractivity contribution >= 4 is 41.3 Å². The summed E-state index contributed by atoms with van der Waals surface area (Å²) in [5, 5.41) is 6.40. The third-order valence-electron chi connectivity index (χ3n) is 6.02. The summed E-state index contributed by atoms with van der Waals surface area (Å²) < 4.78 is 39.6. The maximum absolute atomic E-state index is 13.2. The first-order valence-corrected chi connectivity index (χ1v) is 11.1. The van der Waals surface area contributed by atoms with Gasteiger partial charge in [0.25, 0.3) is 5.91 Å². The summed E-state index contributed by atoms with van der Waals surface area (Å²) in [5.74, 6) is -0.572. The highest BCUT2D eigenvalue weighted by Gasteiger charge is 2.41. The van der Waals surface area contributed by atoms with Crippen LogP contribution in [0.4, 0.5) is 13.2 Å². The molecule has 1 aromatic carbocycles. The Balaban J connectivity index is 0.00000256. The number of halogens is 5. The van der Waals surface area contributed by atoms with Crippen LogP contribution in [0.5, 0.6) is 0 Å². The number of carbonyl (C=O) groups excluding carboxylic acids is 1. The van der Waals surface area contributed by atoms with Gasteiger partial charge >= 0.3 is 6.18 Å². The van der Waals surface area contributed by atoms with Crippen molar-refractivity contribution in [2.24, 2.45) is 0 Å². The van der Waals surface area contributed by atoms with E-state index in [9.17, 15) is 18.0 Å². The van der Waals surface area contributed by atoms with E-state index in [1.54, 1.807) is 11.3 Å². The second kappa shape index (κ2) is 9.47. The molecule has 4 rings (SSSR count). The number of carbonyl (C=O) groups is 1. The standard InChI is InChI=1S/C21H22ClF3N2OS.ClH/c22-18-15(5-3-6-16(18)21(23,24)25)20(28)26-19(13-9-11-29-12-13)17-8-7-14-4-1-2-10-27(14)17;/h3,5-6,9,11-12,14,17,19H,1-2,4,7-8,10H2,(H,26,28);1H/t14-,17+,19?;/m1./s1. The molecule has 1 N–H and O–H groups in total. The van der Waals surface area contributed by atoms with Gasteiger partial charge in [0, 0.05) is 12.1 Å². The van der Waals surface area contributed by atoms with Gasteiger partial charge in [0.15, 0.2) is 0 Å². The Morgan fingerprint density at radius 2 is 2.00 bits per heavy atom. The highest BCUT2D eigenvalue weighted by atomic mass is 35.5. The number of fused-ring (bicyclic) bond motifs is 1. The summed E-state index contributed by atoms with van der Waals surface area (Å²) in [6, 6.07) is 5.83. The number of benzene rings is 1. The van der Waals surface area contributed by atoms with E-state index in [2.05, 4.69) is 10.2 Å². The molecule has 2 aromatic rings. The lowest BCUT2D eigenvalue weighted by Gasteiger charge is -2.38. The van der Waals surface area contributed by atoms with Crippen LogP contribution in [-0.2, 0) is 6.18 Å². The van der Waals surface area contributed by atoms with E-state index in [0.717, 1.165) is 37.4 Å². The lowest BCUT2D eigenvalue weighted by Crippen LogP contribution is -2.47. The van der Waals surface area contributed by atoms with Crippen LogP contribution in [-0.4, -0.2) is 29.4 Å². The topological polar surface area (TPSA) is 32.3 Å². The maximum atomic E-state index is 13.2. The zero-order valence-electron chi connectivity index (χ0n) is 16.1. The van der Waals surface area contributed by atoms with Gasteiger partial charge in [-0.1, -0.05) is 24.1 Å². The van der Waals surface area contributed by atoms with Crippen molar-refractivity contribution in [1.82, 2.24) is 10.2 Å². The first-order chi connectivity index (χ1) is 13.9. The average molecular weight is 479 g/mol. The number of hydrogen-bond donors (Lipinski definition) is 1. The SMILES string of the molecule is Cl.O=C(NC(c1ccsc1)[C@@H]1CC[C@H]2CCCCN21)c1cccc(C(F)(F)F)c1Cl. The Kier molecular flexibility index (Phi) is 7.38. The minimum absolute atomic E-state index is 0. The largest absolute Gasteiger partial charge is 0.417 e. The monoisotopic (exact) mass is 478 g/mol. The van der Waals surface area contributed by atoms with Crippen LogP contribution < -0.4 is 5.32 Å². The number of hydrogen-bond acceptors (Lipinski definition) is 3. The van der Waals surface area contributed by atoms with E-state index in [4.69, 9.17) is 11.6 Å². The lowest BCUT2D eigenvalue weighted by atomic mass is 9.98. The van der Waals surface area contributed by atoms with Crippen LogP contribution in [0.15, 0.2) is 35.0 Å². The summed E-state index contributed by atoms with van der Waals surface area (Å²) in [6.45, 7) is 0.996. The van der Waals surface area contributed by atoms with Gasteiger partial charge in [0.1, 0.15) is 0 Å². The second-order valence-corrected chi connectivity index (χ2v) is 8.86. The molecule has 2 aliphatic heterocycles. The molecule has 0 radical (unpaired) electrons. The zero-order chi connectivity index (χ0) is 20.6. The highest BCUT2D eigenvalue weighted by molar-refractivity contribution is 7.08. The minimum atomic E-state index is -4.60. The highest BCUT2D eigenvalue weighted by Crippen LogP contribution is 2.39. The van der Waals surface area contributed by atoms with Gasteiger partial charge in [-0.3, -0.25) is 9.69 Å². The molecule has 2 saturated heterocycles. The van der Waals surface area contributed by atoms with Gasteiger partial charge in [-0.25, -0.2) is 0 Å². The summed E-state index contributed by atoms with van der Waals surface area (Å²) >= 11 is 7.52. The molecular weight excluding hydrogens is 456 g/mol. The number of nitrogens with one attached hydrogen (secondary N) is 1. The number of piperidine rings is 1. The van der Waals surface area contributed by atoms with Crippen molar-refractivity contribution in [1.29, 1.82) is 0 Å². The molecule has 3 nitrogen and oxygen atoms in total. The summed E-state index contributed by atoms with van der Waals surface area (Å²) in [6.07, 6.45) is 0.972. The Bertz CT molecular complexity index is 876. The molecule has 164 valence electrons. The van der Waals surface area contributed by atoms with Crippen LogP contribution in [0.3, 0.4) is 0 Å². The predicted molar refractivity (Wildman–Crippen MR) is 116 cm³/mol. The van der Waals surface area contributed by atoms with Crippen molar-refractivity contribution in [2.45, 2.75) is 56.4 Å². The van der Waals surface area contributed by atoms with E-state index in [-0.39, 0.29) is 30.1 Å². The Hall–Kier alpha value is -1.28. The minimum Gasteiger partial charge on any atom is -0.344 e. The molecule has 9 heteroatoms. The lowest BCUT2D eigenvalue weighted by molar-refractivity contribution is -0.137. The molecule has 30 heavy (non-hydrogen) atoms. The summed E-state index contributed by atoms with van der Waals surface area (Å²) in [7, 11) is 0. The Morgan fingerprint density at radius 1 is 1.20 bits per heavy atom. The third-order valence-corrected chi connectivity index (χ3v) is 7.13. The van der Waals surface area contributed by atoms with Gasteiger partial charge in [0.2, 0.25) is 0 Å². The molecule has 0 spiro atoms. The van der Waals surface area contributed by atoms with E-state index in [1.807, 2.05) is 16.8 Å². The normalized spacial score (nSPS) is 22.8. The number of amides is 1.